The van der Waals surface area contributed by atoms with E-state index in [1.165, 1.54) is 65.7 Å². The molecule has 0 radical (unpaired) electrons. The van der Waals surface area contributed by atoms with Crippen molar-refractivity contribution in [3.8, 4) is 56.0 Å². The van der Waals surface area contributed by atoms with E-state index in [1.807, 2.05) is 11.8 Å². The monoisotopic (exact) mass is 681 g/mol. The highest BCUT2D eigenvalue weighted by Crippen LogP contribution is 2.57. The van der Waals surface area contributed by atoms with Crippen LogP contribution in [-0.2, 0) is 0 Å². The van der Waals surface area contributed by atoms with Crippen molar-refractivity contribution in [3.63, 3.8) is 0 Å². The molecule has 0 aliphatic carbocycles. The van der Waals surface area contributed by atoms with Gasteiger partial charge in [0.2, 0.25) is 0 Å². The number of fused-ring (bicyclic) bond motifs is 4. The van der Waals surface area contributed by atoms with Crippen LogP contribution >= 0.6 is 11.8 Å². The van der Waals surface area contributed by atoms with Gasteiger partial charge in [0.15, 0.2) is 0 Å². The Morgan fingerprint density at radius 2 is 0.731 bits per heavy atom. The summed E-state index contributed by atoms with van der Waals surface area (Å²) < 4.78 is 6.63. The highest BCUT2D eigenvalue weighted by atomic mass is 32.2. The molecule has 4 heteroatoms. The van der Waals surface area contributed by atoms with Crippen LogP contribution in [0.5, 0.6) is 11.5 Å². The maximum Gasteiger partial charge on any atom is 0.335 e. The van der Waals surface area contributed by atoms with Crippen molar-refractivity contribution >= 4 is 40.9 Å². The second-order valence-corrected chi connectivity index (χ2v) is 14.3. The molecule has 0 aromatic heterocycles. The first-order chi connectivity index (χ1) is 25.8. The predicted octanol–water partition coefficient (Wildman–Crippen LogP) is 11.9. The lowest BCUT2D eigenvalue weighted by Gasteiger charge is -2.43. The largest absolute Gasteiger partial charge is 0.458 e. The fourth-order valence-corrected chi connectivity index (χ4v) is 9.01. The van der Waals surface area contributed by atoms with Crippen molar-refractivity contribution in [2.45, 2.75) is 9.79 Å². The standard InChI is InChI=1S/C48H32BNOS/c1-5-17-33(18-6-1)37-29-39(35-21-9-3-10-22-35)47-45(31-37)52-46-32-38(34-19-7-2-8-20-34)30-40(36-23-11-4-12-24-36)48(46)50(47)49-41-25-13-15-27-43(41)51-44-28-16-14-26-42(44)49/h1-32H. The summed E-state index contributed by atoms with van der Waals surface area (Å²) in [7, 11) is 0. The van der Waals surface area contributed by atoms with E-state index in [2.05, 4.69) is 199 Å². The van der Waals surface area contributed by atoms with Crippen molar-refractivity contribution in [1.29, 1.82) is 0 Å². The van der Waals surface area contributed by atoms with Gasteiger partial charge in [0.1, 0.15) is 11.5 Å². The lowest BCUT2D eigenvalue weighted by Crippen LogP contribution is -2.58. The van der Waals surface area contributed by atoms with Crippen LogP contribution in [0.2, 0.25) is 0 Å². The molecule has 0 amide bonds. The van der Waals surface area contributed by atoms with Crippen LogP contribution in [0.1, 0.15) is 0 Å². The Labute approximate surface area is 309 Å². The molecule has 2 nitrogen and oxygen atoms in total. The maximum absolute atomic E-state index is 6.63. The average molecular weight is 682 g/mol. The topological polar surface area (TPSA) is 12.5 Å². The molecule has 0 N–H and O–H groups in total. The first-order valence-corrected chi connectivity index (χ1v) is 18.5. The van der Waals surface area contributed by atoms with E-state index in [9.17, 15) is 0 Å². The average Bonchev–Trinajstić information content (AvgIpc) is 3.22. The number of hydrogen-bond acceptors (Lipinski definition) is 3. The number of anilines is 2. The molecule has 0 atom stereocenters. The van der Waals surface area contributed by atoms with Gasteiger partial charge >= 0.3 is 6.85 Å². The third-order valence-electron chi connectivity index (χ3n) is 10.1. The van der Waals surface area contributed by atoms with Gasteiger partial charge in [-0.25, -0.2) is 0 Å². The van der Waals surface area contributed by atoms with Crippen LogP contribution in [0.4, 0.5) is 11.4 Å². The summed E-state index contributed by atoms with van der Waals surface area (Å²) in [5, 5.41) is 0. The normalized spacial score (nSPS) is 12.6. The Kier molecular flexibility index (Phi) is 7.55. The summed E-state index contributed by atoms with van der Waals surface area (Å²) in [6, 6.07) is 69.9. The van der Waals surface area contributed by atoms with Gasteiger partial charge in [0.25, 0.3) is 0 Å². The second-order valence-electron chi connectivity index (χ2n) is 13.3. The molecule has 0 spiro atoms. The van der Waals surface area contributed by atoms with E-state index in [1.54, 1.807) is 0 Å². The second kappa shape index (κ2) is 12.8. The third-order valence-corrected chi connectivity index (χ3v) is 11.2. The molecule has 0 fully saturated rings. The lowest BCUT2D eigenvalue weighted by atomic mass is 9.47. The zero-order valence-electron chi connectivity index (χ0n) is 28.3. The van der Waals surface area contributed by atoms with Crippen LogP contribution in [0.25, 0.3) is 44.5 Å². The predicted molar refractivity (Wildman–Crippen MR) is 219 cm³/mol. The van der Waals surface area contributed by atoms with Crippen LogP contribution in [0.15, 0.2) is 204 Å². The summed E-state index contributed by atoms with van der Waals surface area (Å²) >= 11 is 1.88. The van der Waals surface area contributed by atoms with Gasteiger partial charge in [0.05, 0.1) is 11.4 Å². The van der Waals surface area contributed by atoms with E-state index in [0.29, 0.717) is 0 Å². The van der Waals surface area contributed by atoms with Gasteiger partial charge in [0, 0.05) is 20.9 Å². The van der Waals surface area contributed by atoms with Crippen molar-refractivity contribution in [1.82, 2.24) is 0 Å². The molecule has 0 saturated carbocycles. The van der Waals surface area contributed by atoms with Gasteiger partial charge in [-0.1, -0.05) is 169 Å². The van der Waals surface area contributed by atoms with Crippen LogP contribution in [0.3, 0.4) is 0 Å². The number of benzene rings is 8. The number of para-hydroxylation sites is 2. The quantitative estimate of drug-likeness (QED) is 0.168. The van der Waals surface area contributed by atoms with Crippen LogP contribution in [0, 0.1) is 0 Å². The van der Waals surface area contributed by atoms with E-state index in [-0.39, 0.29) is 6.85 Å². The van der Waals surface area contributed by atoms with E-state index in [0.717, 1.165) is 22.4 Å². The summed E-state index contributed by atoms with van der Waals surface area (Å²) in [5.41, 5.74) is 14.2. The van der Waals surface area contributed by atoms with Crippen molar-refractivity contribution in [3.05, 3.63) is 194 Å². The first kappa shape index (κ1) is 30.6. The fraction of sp³-hybridized carbons (Fsp3) is 0. The Morgan fingerprint density at radius 3 is 1.15 bits per heavy atom. The van der Waals surface area contributed by atoms with Crippen molar-refractivity contribution < 1.29 is 4.74 Å². The Morgan fingerprint density at radius 1 is 0.365 bits per heavy atom. The molecular weight excluding hydrogens is 649 g/mol. The minimum absolute atomic E-state index is 0.158. The zero-order chi connectivity index (χ0) is 34.4. The lowest BCUT2D eigenvalue weighted by molar-refractivity contribution is 0.487. The molecule has 8 aromatic carbocycles. The molecule has 52 heavy (non-hydrogen) atoms. The summed E-state index contributed by atoms with van der Waals surface area (Å²) in [6.07, 6.45) is 0. The highest BCUT2D eigenvalue weighted by Gasteiger charge is 2.43. The molecule has 2 aliphatic rings. The SMILES string of the molecule is c1ccc(-c2cc3c(c(-c4ccccc4)c2)N(B2c4ccccc4Oc4ccccc42)c2c(cc(-c4ccccc4)cc2-c2ccccc2)S3)cc1. The van der Waals surface area contributed by atoms with E-state index in [4.69, 9.17) is 4.74 Å². The third kappa shape index (κ3) is 5.23. The van der Waals surface area contributed by atoms with Crippen LogP contribution < -0.4 is 20.5 Å². The summed E-state index contributed by atoms with van der Waals surface area (Å²) in [5.74, 6) is 1.77. The van der Waals surface area contributed by atoms with Crippen LogP contribution in [-0.4, -0.2) is 6.85 Å². The number of rotatable bonds is 5. The molecule has 2 aliphatic heterocycles. The van der Waals surface area contributed by atoms with Gasteiger partial charge in [-0.15, -0.1) is 0 Å². The Balaban J connectivity index is 1.34. The summed E-state index contributed by atoms with van der Waals surface area (Å²) in [6.45, 7) is -0.158. The molecule has 8 aromatic rings. The van der Waals surface area contributed by atoms with Gasteiger partial charge in [-0.3, -0.25) is 0 Å². The molecule has 0 saturated heterocycles. The molecule has 10 rings (SSSR count). The highest BCUT2D eigenvalue weighted by molar-refractivity contribution is 7.99. The molecule has 2 heterocycles. The number of ether oxygens (including phenoxy) is 1. The zero-order valence-corrected chi connectivity index (χ0v) is 29.1. The van der Waals surface area contributed by atoms with Gasteiger partial charge in [-0.2, -0.15) is 0 Å². The Hall–Kier alpha value is -6.23. The van der Waals surface area contributed by atoms with E-state index >= 15 is 0 Å². The smallest absolute Gasteiger partial charge is 0.335 e. The molecular formula is C48H32BNOS. The molecule has 244 valence electrons. The first-order valence-electron chi connectivity index (χ1n) is 17.7. The maximum atomic E-state index is 6.63. The minimum atomic E-state index is -0.158. The molecule has 0 unspecified atom stereocenters. The fourth-order valence-electron chi connectivity index (χ4n) is 7.79. The minimum Gasteiger partial charge on any atom is -0.458 e. The number of nitrogens with zero attached hydrogens (tertiary/aromatic N) is 1. The number of hydrogen-bond donors (Lipinski definition) is 0. The molecule has 0 bridgehead atoms. The summed E-state index contributed by atoms with van der Waals surface area (Å²) in [4.78, 5) is 5.08. The Bertz CT molecular complexity index is 2400. The van der Waals surface area contributed by atoms with E-state index < -0.39 is 0 Å². The van der Waals surface area contributed by atoms with Crippen molar-refractivity contribution in [2.24, 2.45) is 0 Å². The van der Waals surface area contributed by atoms with Gasteiger partial charge < -0.3 is 9.55 Å². The van der Waals surface area contributed by atoms with Gasteiger partial charge in [-0.05, 0) is 80.7 Å². The van der Waals surface area contributed by atoms with Crippen molar-refractivity contribution in [2.75, 3.05) is 4.81 Å².